The number of amidine groups is 1. The van der Waals surface area contributed by atoms with Crippen molar-refractivity contribution >= 4 is 40.5 Å². The number of halogens is 11. The summed E-state index contributed by atoms with van der Waals surface area (Å²) >= 11 is 11.3. The van der Waals surface area contributed by atoms with Crippen LogP contribution in [0.4, 0.5) is 51.0 Å². The van der Waals surface area contributed by atoms with Gasteiger partial charge >= 0.3 is 18.5 Å². The maximum atomic E-state index is 13.2. The van der Waals surface area contributed by atoms with Crippen molar-refractivity contribution in [1.29, 1.82) is 0 Å². The average Bonchev–Trinajstić information content (AvgIpc) is 2.54. The van der Waals surface area contributed by atoms with E-state index in [2.05, 4.69) is 15.0 Å². The lowest BCUT2D eigenvalue weighted by atomic mass is 10.1. The zero-order valence-corrected chi connectivity index (χ0v) is 15.3. The second-order valence-electron chi connectivity index (χ2n) is 5.43. The Morgan fingerprint density at radius 3 is 1.73 bits per heavy atom. The van der Waals surface area contributed by atoms with Gasteiger partial charge in [0.1, 0.15) is 17.3 Å². The Labute approximate surface area is 170 Å². The van der Waals surface area contributed by atoms with E-state index in [1.165, 1.54) is 0 Å². The first-order chi connectivity index (χ1) is 13.4. The highest BCUT2D eigenvalue weighted by Gasteiger charge is 2.43. The molecule has 1 heterocycles. The van der Waals surface area contributed by atoms with Crippen LogP contribution in [0.3, 0.4) is 0 Å². The van der Waals surface area contributed by atoms with Gasteiger partial charge in [-0.25, -0.2) is 15.0 Å². The van der Waals surface area contributed by atoms with E-state index in [0.717, 1.165) is 0 Å². The van der Waals surface area contributed by atoms with Gasteiger partial charge < -0.3 is 11.5 Å². The van der Waals surface area contributed by atoms with E-state index >= 15 is 0 Å². The van der Waals surface area contributed by atoms with E-state index in [1.54, 1.807) is 0 Å². The molecule has 164 valence electrons. The molecule has 0 fully saturated rings. The van der Waals surface area contributed by atoms with Crippen molar-refractivity contribution in [2.45, 2.75) is 18.5 Å². The standard InChI is InChI=1S/C14H6Cl2F9N5/c15-4-1-3(12(17,18)19)2-5(16)7(4)28-9(26)6-8(13(20,21)22)29-11(14(23,24)25)30-10(6)27/h1-2H,(H2,26,28)(H2,27,29,30). The number of nitrogen functional groups attached to an aromatic ring is 1. The minimum Gasteiger partial charge on any atom is -0.383 e. The number of benzene rings is 1. The predicted octanol–water partition coefficient (Wildman–Crippen LogP) is 5.46. The third-order valence-corrected chi connectivity index (χ3v) is 3.87. The zero-order chi connectivity index (χ0) is 23.2. The molecule has 5 nitrogen and oxygen atoms in total. The molecule has 0 radical (unpaired) electrons. The molecule has 0 atom stereocenters. The SMILES string of the molecule is NC(=Nc1c(Cl)cc(C(F)(F)F)cc1Cl)c1c(N)nc(C(F)(F)F)nc1C(F)(F)F. The predicted molar refractivity (Wildman–Crippen MR) is 88.3 cm³/mol. The highest BCUT2D eigenvalue weighted by atomic mass is 35.5. The van der Waals surface area contributed by atoms with Crippen LogP contribution in [0.1, 0.15) is 22.6 Å². The number of rotatable bonds is 2. The summed E-state index contributed by atoms with van der Waals surface area (Å²) in [5, 5.41) is -1.50. The quantitative estimate of drug-likeness (QED) is 0.335. The Morgan fingerprint density at radius 1 is 0.833 bits per heavy atom. The molecule has 4 N–H and O–H groups in total. The first-order valence-corrected chi connectivity index (χ1v) is 7.91. The van der Waals surface area contributed by atoms with Crippen molar-refractivity contribution in [2.75, 3.05) is 5.73 Å². The minimum atomic E-state index is -5.47. The van der Waals surface area contributed by atoms with Crippen LogP contribution in [0.25, 0.3) is 0 Å². The van der Waals surface area contributed by atoms with Gasteiger partial charge in [-0.05, 0) is 12.1 Å². The van der Waals surface area contributed by atoms with Gasteiger partial charge in [-0.3, -0.25) is 0 Å². The summed E-state index contributed by atoms with van der Waals surface area (Å²) in [7, 11) is 0. The number of nitrogens with two attached hydrogens (primary N) is 2. The molecular formula is C14H6Cl2F9N5. The summed E-state index contributed by atoms with van der Waals surface area (Å²) < 4.78 is 116. The Balaban J connectivity index is 2.72. The molecule has 0 saturated carbocycles. The molecule has 0 saturated heterocycles. The van der Waals surface area contributed by atoms with Crippen molar-refractivity contribution in [1.82, 2.24) is 9.97 Å². The number of alkyl halides is 9. The summed E-state index contributed by atoms with van der Waals surface area (Å²) in [4.78, 5) is 8.55. The molecule has 0 spiro atoms. The molecule has 0 amide bonds. The molecule has 0 aliphatic carbocycles. The second-order valence-corrected chi connectivity index (χ2v) is 6.25. The lowest BCUT2D eigenvalue weighted by Crippen LogP contribution is -2.27. The van der Waals surface area contributed by atoms with Crippen LogP contribution < -0.4 is 11.5 Å². The highest BCUT2D eigenvalue weighted by molar-refractivity contribution is 6.39. The van der Waals surface area contributed by atoms with E-state index in [9.17, 15) is 39.5 Å². The maximum absolute atomic E-state index is 13.2. The van der Waals surface area contributed by atoms with Crippen LogP contribution in [0.2, 0.25) is 10.0 Å². The summed E-state index contributed by atoms with van der Waals surface area (Å²) in [5.74, 6) is -4.70. The average molecular weight is 486 g/mol. The number of aromatic nitrogens is 2. The van der Waals surface area contributed by atoms with Crippen LogP contribution in [0, 0.1) is 0 Å². The van der Waals surface area contributed by atoms with Gasteiger partial charge in [0.25, 0.3) is 0 Å². The zero-order valence-electron chi connectivity index (χ0n) is 13.8. The van der Waals surface area contributed by atoms with Crippen LogP contribution in [0.15, 0.2) is 17.1 Å². The number of anilines is 1. The summed E-state index contributed by atoms with van der Waals surface area (Å²) in [6.07, 6.45) is -15.7. The molecule has 0 unspecified atom stereocenters. The lowest BCUT2D eigenvalue weighted by Gasteiger charge is -2.16. The summed E-state index contributed by atoms with van der Waals surface area (Å²) in [6, 6.07) is 0.744. The lowest BCUT2D eigenvalue weighted by molar-refractivity contribution is -0.152. The second kappa shape index (κ2) is 7.65. The first-order valence-electron chi connectivity index (χ1n) is 7.15. The van der Waals surface area contributed by atoms with E-state index in [-0.39, 0.29) is 0 Å². The Morgan fingerprint density at radius 2 is 1.33 bits per heavy atom. The van der Waals surface area contributed by atoms with Crippen molar-refractivity contribution in [3.05, 3.63) is 44.8 Å². The molecule has 1 aromatic heterocycles. The molecule has 0 bridgehead atoms. The van der Waals surface area contributed by atoms with Gasteiger partial charge in [-0.1, -0.05) is 23.2 Å². The smallest absolute Gasteiger partial charge is 0.383 e. The van der Waals surface area contributed by atoms with Crippen molar-refractivity contribution in [3.8, 4) is 0 Å². The fourth-order valence-corrected chi connectivity index (χ4v) is 2.65. The number of nitrogens with zero attached hydrogens (tertiary/aromatic N) is 3. The van der Waals surface area contributed by atoms with Gasteiger partial charge in [0, 0.05) is 0 Å². The van der Waals surface area contributed by atoms with Gasteiger partial charge in [-0.15, -0.1) is 0 Å². The third-order valence-electron chi connectivity index (χ3n) is 3.29. The Hall–Kier alpha value is -2.48. The Kier molecular flexibility index (Phi) is 6.07. The van der Waals surface area contributed by atoms with E-state index in [0.29, 0.717) is 12.1 Å². The van der Waals surface area contributed by atoms with Crippen molar-refractivity contribution < 1.29 is 39.5 Å². The van der Waals surface area contributed by atoms with Crippen molar-refractivity contribution in [3.63, 3.8) is 0 Å². The van der Waals surface area contributed by atoms with Crippen LogP contribution in [0.5, 0.6) is 0 Å². The number of hydrogen-bond donors (Lipinski definition) is 2. The fraction of sp³-hybridized carbons (Fsp3) is 0.214. The minimum absolute atomic E-state index is 0.372. The molecular weight excluding hydrogens is 480 g/mol. The highest BCUT2D eigenvalue weighted by Crippen LogP contribution is 2.41. The summed E-state index contributed by atoms with van der Waals surface area (Å²) in [5.41, 5.74) is 5.15. The van der Waals surface area contributed by atoms with Gasteiger partial charge in [0.05, 0.1) is 21.2 Å². The monoisotopic (exact) mass is 485 g/mol. The van der Waals surface area contributed by atoms with Crippen LogP contribution in [-0.2, 0) is 18.5 Å². The topological polar surface area (TPSA) is 90.2 Å². The molecule has 2 rings (SSSR count). The van der Waals surface area contributed by atoms with Crippen LogP contribution in [-0.4, -0.2) is 15.8 Å². The molecule has 2 aromatic rings. The normalized spacial score (nSPS) is 13.6. The van der Waals surface area contributed by atoms with Gasteiger partial charge in [0.2, 0.25) is 5.82 Å². The molecule has 0 aliphatic heterocycles. The number of aliphatic imine (C=N–C) groups is 1. The molecule has 0 aliphatic rings. The van der Waals surface area contributed by atoms with Gasteiger partial charge in [0.15, 0.2) is 5.69 Å². The Bertz CT molecular complexity index is 990. The molecule has 30 heavy (non-hydrogen) atoms. The van der Waals surface area contributed by atoms with Crippen LogP contribution >= 0.6 is 23.2 Å². The summed E-state index contributed by atoms with van der Waals surface area (Å²) in [6.45, 7) is 0. The van der Waals surface area contributed by atoms with Crippen molar-refractivity contribution in [2.24, 2.45) is 10.7 Å². The van der Waals surface area contributed by atoms with Gasteiger partial charge in [-0.2, -0.15) is 39.5 Å². The maximum Gasteiger partial charge on any atom is 0.451 e. The third kappa shape index (κ3) is 4.98. The van der Waals surface area contributed by atoms with E-state index in [4.69, 9.17) is 34.7 Å². The largest absolute Gasteiger partial charge is 0.451 e. The number of hydrogen-bond acceptors (Lipinski definition) is 4. The molecule has 1 aromatic carbocycles. The van der Waals surface area contributed by atoms with E-state index < -0.39 is 68.6 Å². The molecule has 16 heteroatoms. The fourth-order valence-electron chi connectivity index (χ4n) is 2.07. The van der Waals surface area contributed by atoms with E-state index in [1.807, 2.05) is 0 Å². The first kappa shape index (κ1) is 23.8.